The van der Waals surface area contributed by atoms with Crippen molar-refractivity contribution < 1.29 is 19.1 Å². The number of carbonyl (C=O) groups excluding carboxylic acids is 3. The lowest BCUT2D eigenvalue weighted by Crippen LogP contribution is -2.28. The third kappa shape index (κ3) is 5.66. The van der Waals surface area contributed by atoms with Gasteiger partial charge in [-0.2, -0.15) is 0 Å². The van der Waals surface area contributed by atoms with Crippen LogP contribution in [0, 0.1) is 0 Å². The maximum absolute atomic E-state index is 13.1. The number of rotatable bonds is 8. The van der Waals surface area contributed by atoms with Crippen LogP contribution in [-0.4, -0.2) is 17.7 Å². The Morgan fingerprint density at radius 3 is 2.03 bits per heavy atom. The Balaban J connectivity index is 1.85. The van der Waals surface area contributed by atoms with Gasteiger partial charge in [0.25, 0.3) is 5.91 Å². The number of esters is 1. The molecule has 158 valence electrons. The molecule has 1 amide bonds. The molecule has 2 atom stereocenters. The van der Waals surface area contributed by atoms with Gasteiger partial charge >= 0.3 is 5.97 Å². The molecular weight excluding hydrogens is 390 g/mol. The van der Waals surface area contributed by atoms with Gasteiger partial charge in [-0.05, 0) is 31.0 Å². The molecule has 3 aromatic carbocycles. The van der Waals surface area contributed by atoms with Gasteiger partial charge < -0.3 is 10.1 Å². The number of hydrogen-bond acceptors (Lipinski definition) is 4. The minimum Gasteiger partial charge on any atom is -0.447 e. The largest absolute Gasteiger partial charge is 0.447 e. The Bertz CT molecular complexity index is 1050. The molecule has 2 unspecified atom stereocenters. The maximum atomic E-state index is 13.1. The summed E-state index contributed by atoms with van der Waals surface area (Å²) in [6.07, 6.45) is -0.570. The standard InChI is InChI=1S/C26H25NO4/c1-3-23(19-11-6-4-7-12-19)26(30)31-24(20-13-8-5-9-14-20)25(29)27-22-16-10-15-21(17-22)18(2)28/h4-17,23-24H,3H2,1-2H3,(H,27,29). The molecule has 1 N–H and O–H groups in total. The molecule has 3 rings (SSSR count). The Morgan fingerprint density at radius 2 is 1.45 bits per heavy atom. The average molecular weight is 415 g/mol. The smallest absolute Gasteiger partial charge is 0.314 e. The lowest BCUT2D eigenvalue weighted by Gasteiger charge is -2.21. The minimum absolute atomic E-state index is 0.101. The first-order valence-corrected chi connectivity index (χ1v) is 10.2. The summed E-state index contributed by atoms with van der Waals surface area (Å²) in [6, 6.07) is 24.9. The number of anilines is 1. The second kappa shape index (κ2) is 10.3. The van der Waals surface area contributed by atoms with Crippen molar-refractivity contribution in [1.29, 1.82) is 0 Å². The van der Waals surface area contributed by atoms with E-state index >= 15 is 0 Å². The van der Waals surface area contributed by atoms with E-state index < -0.39 is 23.9 Å². The molecule has 31 heavy (non-hydrogen) atoms. The Morgan fingerprint density at radius 1 is 0.839 bits per heavy atom. The van der Waals surface area contributed by atoms with Crippen molar-refractivity contribution in [1.82, 2.24) is 0 Å². The number of amides is 1. The van der Waals surface area contributed by atoms with Crippen LogP contribution in [0.3, 0.4) is 0 Å². The molecule has 0 aliphatic heterocycles. The van der Waals surface area contributed by atoms with E-state index in [9.17, 15) is 14.4 Å². The number of hydrogen-bond donors (Lipinski definition) is 1. The number of ether oxygens (including phenoxy) is 1. The highest BCUT2D eigenvalue weighted by Crippen LogP contribution is 2.27. The van der Waals surface area contributed by atoms with Gasteiger partial charge in [0.1, 0.15) is 0 Å². The summed E-state index contributed by atoms with van der Waals surface area (Å²) in [6.45, 7) is 3.37. The van der Waals surface area contributed by atoms with E-state index in [2.05, 4.69) is 5.32 Å². The highest BCUT2D eigenvalue weighted by atomic mass is 16.5. The van der Waals surface area contributed by atoms with Crippen LogP contribution in [0.4, 0.5) is 5.69 Å². The third-order valence-corrected chi connectivity index (χ3v) is 5.01. The second-order valence-electron chi connectivity index (χ2n) is 7.23. The molecule has 0 saturated heterocycles. The fourth-order valence-electron chi connectivity index (χ4n) is 3.35. The number of benzene rings is 3. The summed E-state index contributed by atoms with van der Waals surface area (Å²) in [7, 11) is 0. The van der Waals surface area contributed by atoms with Gasteiger partial charge in [-0.3, -0.25) is 14.4 Å². The van der Waals surface area contributed by atoms with Crippen LogP contribution in [0.5, 0.6) is 0 Å². The highest BCUT2D eigenvalue weighted by molar-refractivity contribution is 5.99. The van der Waals surface area contributed by atoms with Crippen LogP contribution in [0.1, 0.15) is 53.8 Å². The predicted molar refractivity (Wildman–Crippen MR) is 120 cm³/mol. The van der Waals surface area contributed by atoms with Crippen LogP contribution in [0.15, 0.2) is 84.9 Å². The van der Waals surface area contributed by atoms with Crippen LogP contribution in [0.2, 0.25) is 0 Å². The van der Waals surface area contributed by atoms with Crippen molar-refractivity contribution >= 4 is 23.3 Å². The molecule has 0 aromatic heterocycles. The van der Waals surface area contributed by atoms with E-state index in [0.717, 1.165) is 5.56 Å². The van der Waals surface area contributed by atoms with Gasteiger partial charge in [-0.1, -0.05) is 79.7 Å². The Labute approximate surface area is 182 Å². The topological polar surface area (TPSA) is 72.5 Å². The van der Waals surface area contributed by atoms with Crippen molar-refractivity contribution in [3.63, 3.8) is 0 Å². The zero-order valence-corrected chi connectivity index (χ0v) is 17.6. The van der Waals surface area contributed by atoms with Crippen molar-refractivity contribution in [3.05, 3.63) is 102 Å². The minimum atomic E-state index is -1.12. The van der Waals surface area contributed by atoms with Crippen molar-refractivity contribution in [2.75, 3.05) is 5.32 Å². The molecular formula is C26H25NO4. The number of Topliss-reactive ketones (excluding diaryl/α,β-unsaturated/α-hetero) is 1. The first kappa shape index (κ1) is 22.0. The predicted octanol–water partition coefficient (Wildman–Crippen LogP) is 5.31. The molecule has 5 heteroatoms. The van der Waals surface area contributed by atoms with E-state index in [1.807, 2.05) is 43.3 Å². The Kier molecular flexibility index (Phi) is 7.33. The van der Waals surface area contributed by atoms with Crippen molar-refractivity contribution in [2.24, 2.45) is 0 Å². The van der Waals surface area contributed by atoms with E-state index in [4.69, 9.17) is 4.74 Å². The highest BCUT2D eigenvalue weighted by Gasteiger charge is 2.29. The lowest BCUT2D eigenvalue weighted by molar-refractivity contribution is -0.156. The monoisotopic (exact) mass is 415 g/mol. The molecule has 0 spiro atoms. The molecule has 0 bridgehead atoms. The molecule has 5 nitrogen and oxygen atoms in total. The van der Waals surface area contributed by atoms with E-state index in [-0.39, 0.29) is 5.78 Å². The first-order chi connectivity index (χ1) is 15.0. The zero-order chi connectivity index (χ0) is 22.2. The molecule has 0 aliphatic carbocycles. The van der Waals surface area contributed by atoms with Crippen molar-refractivity contribution in [2.45, 2.75) is 32.3 Å². The number of ketones is 1. The molecule has 0 aliphatic rings. The molecule has 0 fully saturated rings. The molecule has 0 radical (unpaired) electrons. The number of nitrogens with one attached hydrogen (secondary N) is 1. The summed E-state index contributed by atoms with van der Waals surface area (Å²) in [5.41, 5.74) is 2.36. The van der Waals surface area contributed by atoms with Gasteiger partial charge in [0.2, 0.25) is 6.10 Å². The zero-order valence-electron chi connectivity index (χ0n) is 17.6. The molecule has 0 saturated carbocycles. The summed E-state index contributed by atoms with van der Waals surface area (Å²) in [4.78, 5) is 37.8. The van der Waals surface area contributed by atoms with Crippen LogP contribution >= 0.6 is 0 Å². The summed E-state index contributed by atoms with van der Waals surface area (Å²) in [5, 5.41) is 2.77. The van der Waals surface area contributed by atoms with Gasteiger partial charge in [-0.25, -0.2) is 0 Å². The Hall–Kier alpha value is -3.73. The molecule has 3 aromatic rings. The van der Waals surface area contributed by atoms with E-state index in [0.29, 0.717) is 23.2 Å². The van der Waals surface area contributed by atoms with Crippen LogP contribution in [-0.2, 0) is 14.3 Å². The average Bonchev–Trinajstić information content (AvgIpc) is 2.79. The maximum Gasteiger partial charge on any atom is 0.314 e. The SMILES string of the molecule is CCC(C(=O)OC(C(=O)Nc1cccc(C(C)=O)c1)c1ccccc1)c1ccccc1. The number of carbonyl (C=O) groups is 3. The van der Waals surface area contributed by atoms with Gasteiger partial charge in [0, 0.05) is 16.8 Å². The van der Waals surface area contributed by atoms with Crippen LogP contribution < -0.4 is 5.32 Å². The van der Waals surface area contributed by atoms with E-state index in [1.165, 1.54) is 6.92 Å². The fraction of sp³-hybridized carbons (Fsp3) is 0.192. The normalized spacial score (nSPS) is 12.5. The fourth-order valence-corrected chi connectivity index (χ4v) is 3.35. The van der Waals surface area contributed by atoms with Crippen molar-refractivity contribution in [3.8, 4) is 0 Å². The second-order valence-corrected chi connectivity index (χ2v) is 7.23. The lowest BCUT2D eigenvalue weighted by atomic mass is 9.96. The van der Waals surface area contributed by atoms with Gasteiger partial charge in [-0.15, -0.1) is 0 Å². The summed E-state index contributed by atoms with van der Waals surface area (Å²) >= 11 is 0. The van der Waals surface area contributed by atoms with Gasteiger partial charge in [0.15, 0.2) is 5.78 Å². The quantitative estimate of drug-likeness (QED) is 0.400. The first-order valence-electron chi connectivity index (χ1n) is 10.2. The van der Waals surface area contributed by atoms with Gasteiger partial charge in [0.05, 0.1) is 5.92 Å². The molecule has 0 heterocycles. The van der Waals surface area contributed by atoms with E-state index in [1.54, 1.807) is 48.5 Å². The summed E-state index contributed by atoms with van der Waals surface area (Å²) in [5.74, 6) is -1.52. The summed E-state index contributed by atoms with van der Waals surface area (Å²) < 4.78 is 5.74. The third-order valence-electron chi connectivity index (χ3n) is 5.01. The van der Waals surface area contributed by atoms with Crippen LogP contribution in [0.25, 0.3) is 0 Å².